The van der Waals surface area contributed by atoms with E-state index in [0.717, 1.165) is 12.8 Å². The minimum atomic E-state index is -3.92. The van der Waals surface area contributed by atoms with Crippen molar-refractivity contribution in [1.82, 2.24) is 14.8 Å². The summed E-state index contributed by atoms with van der Waals surface area (Å²) in [6, 6.07) is 9.13. The third-order valence-electron chi connectivity index (χ3n) is 3.09. The van der Waals surface area contributed by atoms with Crippen molar-refractivity contribution in [3.63, 3.8) is 0 Å². The first-order valence-corrected chi connectivity index (χ1v) is 8.03. The molecule has 2 rings (SSSR count). The van der Waals surface area contributed by atoms with Crippen molar-refractivity contribution in [3.05, 3.63) is 36.2 Å². The van der Waals surface area contributed by atoms with Crippen LogP contribution in [-0.2, 0) is 10.0 Å². The van der Waals surface area contributed by atoms with Crippen LogP contribution in [-0.4, -0.2) is 23.2 Å². The highest BCUT2D eigenvalue weighted by Crippen LogP contribution is 2.24. The summed E-state index contributed by atoms with van der Waals surface area (Å²) in [5.41, 5.74) is 0.694. The molecular weight excluding hydrogens is 276 g/mol. The normalized spacial score (nSPS) is 13.3. The zero-order valence-electron chi connectivity index (χ0n) is 11.5. The number of nitrogens with two attached hydrogens (primary N) is 1. The molecule has 2 aromatic rings. The monoisotopic (exact) mass is 294 g/mol. The molecule has 1 atom stereocenters. The lowest BCUT2D eigenvalue weighted by molar-refractivity contribution is 0.579. The van der Waals surface area contributed by atoms with E-state index in [-0.39, 0.29) is 11.1 Å². The molecule has 0 spiro atoms. The van der Waals surface area contributed by atoms with Crippen molar-refractivity contribution >= 4 is 10.0 Å². The van der Waals surface area contributed by atoms with Gasteiger partial charge in [-0.25, -0.2) is 13.6 Å². The fraction of sp³-hybridized carbons (Fsp3) is 0.385. The van der Waals surface area contributed by atoms with Crippen LogP contribution in [0.3, 0.4) is 0 Å². The fourth-order valence-electron chi connectivity index (χ4n) is 2.17. The Bertz CT molecular complexity index is 680. The van der Waals surface area contributed by atoms with Gasteiger partial charge in [0.1, 0.15) is 5.82 Å². The molecule has 1 aromatic heterocycles. The van der Waals surface area contributed by atoms with E-state index in [0.29, 0.717) is 11.5 Å². The molecule has 2 N–H and O–H groups in total. The molecule has 108 valence electrons. The zero-order valence-corrected chi connectivity index (χ0v) is 12.3. The molecule has 0 aliphatic carbocycles. The van der Waals surface area contributed by atoms with Gasteiger partial charge in [0.15, 0.2) is 0 Å². The Morgan fingerprint density at radius 1 is 1.25 bits per heavy atom. The number of sulfonamides is 1. The van der Waals surface area contributed by atoms with Gasteiger partial charge in [0.25, 0.3) is 15.2 Å². The van der Waals surface area contributed by atoms with E-state index in [9.17, 15) is 8.42 Å². The van der Waals surface area contributed by atoms with Gasteiger partial charge in [-0.1, -0.05) is 38.5 Å². The van der Waals surface area contributed by atoms with Gasteiger partial charge >= 0.3 is 0 Å². The molecule has 0 aliphatic rings. The standard InChI is InChI=1S/C13H18N4O2S/c1-3-7-10(2)12-15-16-13(20(14,18)19)17(12)11-8-5-4-6-9-11/h4-6,8-10H,3,7H2,1-2H3,(H2,14,18,19). The van der Waals surface area contributed by atoms with Crippen LogP contribution in [0, 0.1) is 0 Å². The second kappa shape index (κ2) is 5.72. The molecule has 0 saturated heterocycles. The highest BCUT2D eigenvalue weighted by atomic mass is 32.2. The maximum atomic E-state index is 11.7. The maximum Gasteiger partial charge on any atom is 0.274 e. The number of para-hydroxylation sites is 1. The van der Waals surface area contributed by atoms with Crippen LogP contribution < -0.4 is 5.14 Å². The first kappa shape index (κ1) is 14.7. The minimum absolute atomic E-state index is 0.100. The molecule has 6 nitrogen and oxygen atoms in total. The van der Waals surface area contributed by atoms with Crippen LogP contribution in [0.1, 0.15) is 38.4 Å². The number of primary sulfonamides is 1. The van der Waals surface area contributed by atoms with E-state index in [4.69, 9.17) is 5.14 Å². The van der Waals surface area contributed by atoms with Crippen LogP contribution >= 0.6 is 0 Å². The van der Waals surface area contributed by atoms with Gasteiger partial charge in [-0.3, -0.25) is 4.57 Å². The Kier molecular flexibility index (Phi) is 4.20. The highest BCUT2D eigenvalue weighted by Gasteiger charge is 2.24. The topological polar surface area (TPSA) is 90.9 Å². The molecule has 1 heterocycles. The van der Waals surface area contributed by atoms with E-state index >= 15 is 0 Å². The summed E-state index contributed by atoms with van der Waals surface area (Å²) < 4.78 is 24.9. The van der Waals surface area contributed by atoms with Crippen molar-refractivity contribution in [2.45, 2.75) is 37.8 Å². The van der Waals surface area contributed by atoms with Gasteiger partial charge in [0, 0.05) is 11.6 Å². The third-order valence-corrected chi connectivity index (χ3v) is 3.86. The predicted octanol–water partition coefficient (Wildman–Crippen LogP) is 1.82. The molecule has 0 amide bonds. The van der Waals surface area contributed by atoms with Crippen molar-refractivity contribution in [1.29, 1.82) is 0 Å². The van der Waals surface area contributed by atoms with Crippen molar-refractivity contribution in [2.24, 2.45) is 5.14 Å². The Hall–Kier alpha value is -1.73. The average molecular weight is 294 g/mol. The van der Waals surface area contributed by atoms with Gasteiger partial charge in [-0.2, -0.15) is 0 Å². The van der Waals surface area contributed by atoms with Gasteiger partial charge in [-0.05, 0) is 18.6 Å². The first-order chi connectivity index (χ1) is 9.45. The summed E-state index contributed by atoms with van der Waals surface area (Å²) in [6.45, 7) is 4.07. The van der Waals surface area contributed by atoms with E-state index in [1.165, 1.54) is 4.57 Å². The SMILES string of the molecule is CCCC(C)c1nnc(S(N)(=O)=O)n1-c1ccccc1. The van der Waals surface area contributed by atoms with Crippen LogP contribution in [0.4, 0.5) is 0 Å². The number of aromatic nitrogens is 3. The number of rotatable bonds is 5. The lowest BCUT2D eigenvalue weighted by Gasteiger charge is -2.13. The number of nitrogens with zero attached hydrogens (tertiary/aromatic N) is 3. The summed E-state index contributed by atoms with van der Waals surface area (Å²) in [7, 11) is -3.92. The van der Waals surface area contributed by atoms with Crippen molar-refractivity contribution < 1.29 is 8.42 Å². The van der Waals surface area contributed by atoms with Crippen LogP contribution in [0.5, 0.6) is 0 Å². The molecular formula is C13H18N4O2S. The quantitative estimate of drug-likeness (QED) is 0.910. The van der Waals surface area contributed by atoms with Crippen LogP contribution in [0.2, 0.25) is 0 Å². The molecule has 7 heteroatoms. The molecule has 0 fully saturated rings. The Balaban J connectivity index is 2.64. The molecule has 0 radical (unpaired) electrons. The summed E-state index contributed by atoms with van der Waals surface area (Å²) in [6.07, 6.45) is 1.88. The summed E-state index contributed by atoms with van der Waals surface area (Å²) in [5, 5.41) is 12.8. The molecule has 0 aliphatic heterocycles. The van der Waals surface area contributed by atoms with Gasteiger partial charge < -0.3 is 0 Å². The van der Waals surface area contributed by atoms with E-state index in [2.05, 4.69) is 17.1 Å². The Morgan fingerprint density at radius 2 is 1.90 bits per heavy atom. The van der Waals surface area contributed by atoms with Gasteiger partial charge in [0.2, 0.25) is 0 Å². The zero-order chi connectivity index (χ0) is 14.8. The fourth-order valence-corrected chi connectivity index (χ4v) is 2.77. The smallest absolute Gasteiger partial charge is 0.269 e. The number of hydrogen-bond donors (Lipinski definition) is 1. The summed E-state index contributed by atoms with van der Waals surface area (Å²) in [4.78, 5) is 0. The molecule has 1 aromatic carbocycles. The van der Waals surface area contributed by atoms with Crippen molar-refractivity contribution in [2.75, 3.05) is 0 Å². The van der Waals surface area contributed by atoms with Gasteiger partial charge in [0.05, 0.1) is 0 Å². The summed E-state index contributed by atoms with van der Waals surface area (Å²) >= 11 is 0. The number of benzene rings is 1. The van der Waals surface area contributed by atoms with Crippen LogP contribution in [0.25, 0.3) is 5.69 Å². The molecule has 1 unspecified atom stereocenters. The molecule has 20 heavy (non-hydrogen) atoms. The van der Waals surface area contributed by atoms with Gasteiger partial charge in [-0.15, -0.1) is 10.2 Å². The predicted molar refractivity (Wildman–Crippen MR) is 76.1 cm³/mol. The van der Waals surface area contributed by atoms with E-state index in [1.807, 2.05) is 25.1 Å². The molecule has 0 saturated carbocycles. The second-order valence-corrected chi connectivity index (χ2v) is 6.20. The highest BCUT2D eigenvalue weighted by molar-refractivity contribution is 7.89. The summed E-state index contributed by atoms with van der Waals surface area (Å²) in [5.74, 6) is 0.713. The Morgan fingerprint density at radius 3 is 2.45 bits per heavy atom. The lowest BCUT2D eigenvalue weighted by atomic mass is 10.1. The first-order valence-electron chi connectivity index (χ1n) is 6.48. The van der Waals surface area contributed by atoms with E-state index < -0.39 is 10.0 Å². The van der Waals surface area contributed by atoms with Crippen LogP contribution in [0.15, 0.2) is 35.5 Å². The minimum Gasteiger partial charge on any atom is -0.269 e. The average Bonchev–Trinajstić information content (AvgIpc) is 2.84. The Labute approximate surface area is 118 Å². The maximum absolute atomic E-state index is 11.7. The largest absolute Gasteiger partial charge is 0.274 e. The number of hydrogen-bond acceptors (Lipinski definition) is 4. The lowest BCUT2D eigenvalue weighted by Crippen LogP contribution is -2.19. The van der Waals surface area contributed by atoms with E-state index in [1.54, 1.807) is 12.1 Å². The molecule has 0 bridgehead atoms. The second-order valence-electron chi connectivity index (χ2n) is 4.75. The van der Waals surface area contributed by atoms with Crippen molar-refractivity contribution in [3.8, 4) is 5.69 Å². The third kappa shape index (κ3) is 2.88.